The van der Waals surface area contributed by atoms with Gasteiger partial charge in [-0.3, -0.25) is 4.79 Å². The van der Waals surface area contributed by atoms with Crippen molar-refractivity contribution in [2.45, 2.75) is 68.3 Å². The van der Waals surface area contributed by atoms with Crippen LogP contribution in [0.1, 0.15) is 6.92 Å². The molecule has 0 aliphatic carbocycles. The number of fused-ring (bicyclic) bond motifs is 1. The molecule has 5 rings (SSSR count). The largest absolute Gasteiger partial charge is 0.507 e. The first-order valence-electron chi connectivity index (χ1n) is 14.1. The third-order valence-corrected chi connectivity index (χ3v) is 7.64. The summed E-state index contributed by atoms with van der Waals surface area (Å²) in [5.41, 5.74) is -1.23. The molecule has 2 saturated heterocycles. The molecule has 0 unspecified atom stereocenters. The Morgan fingerprint density at radius 2 is 1.48 bits per heavy atom. The van der Waals surface area contributed by atoms with Crippen LogP contribution in [0.3, 0.4) is 0 Å². The highest BCUT2D eigenvalue weighted by Gasteiger charge is 2.48. The van der Waals surface area contributed by atoms with Crippen LogP contribution in [-0.2, 0) is 14.2 Å². The number of rotatable bonds is 9. The molecule has 2 fully saturated rings. The zero-order valence-electron chi connectivity index (χ0n) is 24.1. The fourth-order valence-corrected chi connectivity index (χ4v) is 5.07. The van der Waals surface area contributed by atoms with Crippen molar-refractivity contribution in [3.8, 4) is 40.1 Å². The topological polar surface area (TPSA) is 279 Å². The van der Waals surface area contributed by atoms with Gasteiger partial charge in [-0.1, -0.05) is 0 Å². The molecule has 3 heterocycles. The minimum absolute atomic E-state index is 0.0189. The van der Waals surface area contributed by atoms with Gasteiger partial charge in [0.15, 0.2) is 23.5 Å². The summed E-state index contributed by atoms with van der Waals surface area (Å²) in [5, 5.41) is 101. The Kier molecular flexibility index (Phi) is 9.89. The standard InChI is InChI=1S/C29H34O17/c1-10-19(34)22(37)24(39)28(43-10)42-9-17-20(35)23(38)25(40)29(45-17)46-27-21(36)18-15(33)7-12(41-5-4-30)8-16(18)44-26(27)11-2-3-13(31)14(32)6-11/h2-3,6-8,10,17,19-20,22-25,28-35,37-40H,4-5,9H2,1H3/t10-,17+,19-,20+,22+,23-,24+,25+,28+,29-/m1/s1. The van der Waals surface area contributed by atoms with Crippen LogP contribution < -0.4 is 14.9 Å². The monoisotopic (exact) mass is 654 g/mol. The predicted octanol–water partition coefficient (Wildman–Crippen LogP) is -2.02. The number of aliphatic hydroxyl groups is 7. The summed E-state index contributed by atoms with van der Waals surface area (Å²) >= 11 is 0. The Hall–Kier alpha value is -3.75. The van der Waals surface area contributed by atoms with Gasteiger partial charge in [0.2, 0.25) is 17.5 Å². The van der Waals surface area contributed by atoms with Crippen molar-refractivity contribution in [1.82, 2.24) is 0 Å². The second-order valence-electron chi connectivity index (χ2n) is 10.8. The van der Waals surface area contributed by atoms with E-state index in [4.69, 9.17) is 33.2 Å². The Bertz CT molecular complexity index is 1590. The quantitative estimate of drug-likeness (QED) is 0.111. The fourth-order valence-electron chi connectivity index (χ4n) is 5.07. The van der Waals surface area contributed by atoms with Crippen LogP contribution in [0.25, 0.3) is 22.3 Å². The Balaban J connectivity index is 1.49. The smallest absolute Gasteiger partial charge is 0.239 e. The van der Waals surface area contributed by atoms with Crippen LogP contribution in [0, 0.1) is 0 Å². The highest BCUT2D eigenvalue weighted by Crippen LogP contribution is 2.39. The van der Waals surface area contributed by atoms with Crippen LogP contribution in [0.15, 0.2) is 39.5 Å². The van der Waals surface area contributed by atoms with E-state index in [2.05, 4.69) is 0 Å². The maximum atomic E-state index is 13.8. The van der Waals surface area contributed by atoms with E-state index in [1.165, 1.54) is 19.1 Å². The van der Waals surface area contributed by atoms with Crippen molar-refractivity contribution in [2.75, 3.05) is 19.8 Å². The number of hydrogen-bond donors (Lipinski definition) is 10. The van der Waals surface area contributed by atoms with Gasteiger partial charge in [-0.2, -0.15) is 0 Å². The van der Waals surface area contributed by atoms with E-state index in [0.29, 0.717) is 0 Å². The fraction of sp³-hybridized carbons (Fsp3) is 0.483. The Morgan fingerprint density at radius 1 is 0.783 bits per heavy atom. The van der Waals surface area contributed by atoms with E-state index in [1.54, 1.807) is 0 Å². The number of benzene rings is 2. The van der Waals surface area contributed by atoms with Crippen molar-refractivity contribution < 1.29 is 79.2 Å². The Morgan fingerprint density at radius 3 is 2.17 bits per heavy atom. The SMILES string of the molecule is C[C@H]1O[C@H](OC[C@@H]2O[C@H](Oc3c(-c4ccc(O)c(O)c4)oc4cc(OCCO)cc(O)c4c3=O)[C@@H](O)[C@H](O)[C@H]2O)[C@@H](O)[C@@H](O)[C@@H]1O. The molecular weight excluding hydrogens is 620 g/mol. The summed E-state index contributed by atoms with van der Waals surface area (Å²) in [6.07, 6.45) is -16.2. The van der Waals surface area contributed by atoms with Gasteiger partial charge in [0.05, 0.1) is 19.3 Å². The molecule has 2 aromatic carbocycles. The number of phenols is 3. The molecule has 2 aliphatic rings. The van der Waals surface area contributed by atoms with Crippen molar-refractivity contribution in [1.29, 1.82) is 0 Å². The lowest BCUT2D eigenvalue weighted by molar-refractivity contribution is -0.318. The molecule has 0 amide bonds. The van der Waals surface area contributed by atoms with E-state index in [1.807, 2.05) is 0 Å². The third kappa shape index (κ3) is 6.42. The van der Waals surface area contributed by atoms with Crippen LogP contribution in [0.2, 0.25) is 0 Å². The molecule has 0 saturated carbocycles. The van der Waals surface area contributed by atoms with Crippen molar-refractivity contribution in [3.63, 3.8) is 0 Å². The van der Waals surface area contributed by atoms with Crippen molar-refractivity contribution in [3.05, 3.63) is 40.6 Å². The summed E-state index contributed by atoms with van der Waals surface area (Å²) in [5.74, 6) is -2.73. The van der Waals surface area contributed by atoms with Gasteiger partial charge >= 0.3 is 0 Å². The zero-order chi connectivity index (χ0) is 33.4. The number of aromatic hydroxyl groups is 3. The maximum absolute atomic E-state index is 13.8. The molecule has 1 aromatic heterocycles. The van der Waals surface area contributed by atoms with Crippen molar-refractivity contribution in [2.24, 2.45) is 0 Å². The summed E-state index contributed by atoms with van der Waals surface area (Å²) in [4.78, 5) is 13.8. The van der Waals surface area contributed by atoms with E-state index >= 15 is 0 Å². The molecule has 46 heavy (non-hydrogen) atoms. The summed E-state index contributed by atoms with van der Waals surface area (Å²) in [7, 11) is 0. The molecule has 0 spiro atoms. The van der Waals surface area contributed by atoms with Gasteiger partial charge in [-0.05, 0) is 25.1 Å². The average Bonchev–Trinajstić information content (AvgIpc) is 3.02. The van der Waals surface area contributed by atoms with E-state index in [0.717, 1.165) is 18.2 Å². The van der Waals surface area contributed by atoms with Crippen LogP contribution in [0.5, 0.6) is 28.7 Å². The van der Waals surface area contributed by atoms with E-state index in [9.17, 15) is 50.8 Å². The highest BCUT2D eigenvalue weighted by atomic mass is 16.7. The number of aliphatic hydroxyl groups excluding tert-OH is 7. The molecule has 17 heteroatoms. The molecule has 0 bridgehead atoms. The normalized spacial score (nSPS) is 31.6. The van der Waals surface area contributed by atoms with Gasteiger partial charge in [-0.25, -0.2) is 0 Å². The minimum Gasteiger partial charge on any atom is -0.507 e. The lowest BCUT2D eigenvalue weighted by Gasteiger charge is -2.42. The summed E-state index contributed by atoms with van der Waals surface area (Å²) < 4.78 is 33.4. The van der Waals surface area contributed by atoms with Gasteiger partial charge in [-0.15, -0.1) is 0 Å². The van der Waals surface area contributed by atoms with E-state index in [-0.39, 0.29) is 35.9 Å². The van der Waals surface area contributed by atoms with Crippen molar-refractivity contribution >= 4 is 11.0 Å². The average molecular weight is 655 g/mol. The first-order chi connectivity index (χ1) is 21.8. The lowest BCUT2D eigenvalue weighted by atomic mass is 9.98. The molecule has 3 aromatic rings. The zero-order valence-corrected chi connectivity index (χ0v) is 24.1. The highest BCUT2D eigenvalue weighted by molar-refractivity contribution is 5.88. The van der Waals surface area contributed by atoms with E-state index < -0.39 is 102 Å². The van der Waals surface area contributed by atoms with Gasteiger partial charge in [0, 0.05) is 17.7 Å². The molecule has 17 nitrogen and oxygen atoms in total. The number of phenolic OH excluding ortho intramolecular Hbond substituents is 3. The molecule has 10 N–H and O–H groups in total. The third-order valence-electron chi connectivity index (χ3n) is 7.64. The van der Waals surface area contributed by atoms with Crippen LogP contribution >= 0.6 is 0 Å². The van der Waals surface area contributed by atoms with Gasteiger partial charge < -0.3 is 79.2 Å². The van der Waals surface area contributed by atoms with Gasteiger partial charge in [0.25, 0.3) is 0 Å². The second kappa shape index (κ2) is 13.5. The molecule has 252 valence electrons. The second-order valence-corrected chi connectivity index (χ2v) is 10.8. The minimum atomic E-state index is -1.97. The Labute approximate surface area is 259 Å². The molecule has 2 aliphatic heterocycles. The maximum Gasteiger partial charge on any atom is 0.239 e. The molecular formula is C29H34O17. The first kappa shape index (κ1) is 33.6. The molecule has 0 radical (unpaired) electrons. The van der Waals surface area contributed by atoms with Crippen LogP contribution in [0.4, 0.5) is 0 Å². The number of ether oxygens (including phenoxy) is 5. The number of hydrogen-bond acceptors (Lipinski definition) is 17. The van der Waals surface area contributed by atoms with Gasteiger partial charge in [0.1, 0.15) is 71.8 Å². The summed E-state index contributed by atoms with van der Waals surface area (Å²) in [6, 6.07) is 5.72. The molecule has 10 atom stereocenters. The lowest BCUT2D eigenvalue weighted by Crippen LogP contribution is -2.61. The van der Waals surface area contributed by atoms with Crippen LogP contribution in [-0.4, -0.2) is 132 Å². The predicted molar refractivity (Wildman–Crippen MR) is 151 cm³/mol. The summed E-state index contributed by atoms with van der Waals surface area (Å²) in [6.45, 7) is 0.332. The first-order valence-corrected chi connectivity index (χ1v) is 14.1.